The topological polar surface area (TPSA) is 92.8 Å². The Morgan fingerprint density at radius 3 is 2.25 bits per heavy atom. The highest BCUT2D eigenvalue weighted by Crippen LogP contribution is 2.21. The summed E-state index contributed by atoms with van der Waals surface area (Å²) in [4.78, 5) is 24.8. The zero-order valence-electron chi connectivity index (χ0n) is 18.1. The van der Waals surface area contributed by atoms with Gasteiger partial charge in [0.1, 0.15) is 5.82 Å². The van der Waals surface area contributed by atoms with Gasteiger partial charge in [0.05, 0.1) is 10.5 Å². The van der Waals surface area contributed by atoms with Gasteiger partial charge in [-0.3, -0.25) is 4.79 Å². The van der Waals surface area contributed by atoms with E-state index in [2.05, 4.69) is 5.32 Å². The lowest BCUT2D eigenvalue weighted by Gasteiger charge is -2.20. The number of carbonyl (C=O) groups excluding carboxylic acids is 2. The third kappa shape index (κ3) is 5.72. The number of ether oxygens (including phenoxy) is 1. The third-order valence-corrected chi connectivity index (χ3v) is 7.30. The van der Waals surface area contributed by atoms with Crippen LogP contribution in [0.5, 0.6) is 0 Å². The van der Waals surface area contributed by atoms with Gasteiger partial charge in [0, 0.05) is 18.8 Å². The van der Waals surface area contributed by atoms with Gasteiger partial charge in [0.15, 0.2) is 6.10 Å². The Hall–Kier alpha value is -2.78. The van der Waals surface area contributed by atoms with E-state index in [1.54, 1.807) is 13.0 Å². The highest BCUT2D eigenvalue weighted by atomic mass is 32.2. The number of hydrogen-bond donors (Lipinski definition) is 1. The molecule has 0 spiro atoms. The van der Waals surface area contributed by atoms with Gasteiger partial charge in [0.25, 0.3) is 5.91 Å². The predicted molar refractivity (Wildman–Crippen MR) is 118 cm³/mol. The fraction of sp³-hybridized carbons (Fsp3) is 0.391. The Bertz CT molecular complexity index is 1080. The monoisotopic (exact) mass is 462 g/mol. The van der Waals surface area contributed by atoms with Gasteiger partial charge in [-0.25, -0.2) is 17.6 Å². The van der Waals surface area contributed by atoms with Crippen LogP contribution in [0.15, 0.2) is 47.4 Å². The fourth-order valence-corrected chi connectivity index (χ4v) is 4.91. The van der Waals surface area contributed by atoms with Crippen LogP contribution in [0.2, 0.25) is 0 Å². The number of rotatable bonds is 6. The van der Waals surface area contributed by atoms with E-state index in [1.807, 2.05) is 0 Å². The molecule has 1 saturated heterocycles. The van der Waals surface area contributed by atoms with Gasteiger partial charge in [-0.2, -0.15) is 4.31 Å². The molecule has 1 unspecified atom stereocenters. The number of halogens is 1. The van der Waals surface area contributed by atoms with Crippen LogP contribution < -0.4 is 5.32 Å². The zero-order valence-corrected chi connectivity index (χ0v) is 19.0. The van der Waals surface area contributed by atoms with Crippen molar-refractivity contribution in [1.82, 2.24) is 4.31 Å². The second-order valence-corrected chi connectivity index (χ2v) is 9.78. The van der Waals surface area contributed by atoms with Crippen LogP contribution in [0.3, 0.4) is 0 Å². The van der Waals surface area contributed by atoms with Crippen molar-refractivity contribution in [2.24, 2.45) is 0 Å². The Balaban J connectivity index is 1.62. The number of anilines is 1. The molecule has 0 radical (unpaired) electrons. The SMILES string of the molecule is Cc1ccc(NC(=O)C(C)OC(=O)c2ccc(S(=O)(=O)N3CCCCCC3)cc2)cc1F. The first-order chi connectivity index (χ1) is 15.2. The summed E-state index contributed by atoms with van der Waals surface area (Å²) in [6.45, 7) is 3.99. The number of amides is 1. The van der Waals surface area contributed by atoms with Crippen molar-refractivity contribution in [3.05, 3.63) is 59.4 Å². The molecular formula is C23H27FN2O5S. The van der Waals surface area contributed by atoms with Crippen molar-refractivity contribution >= 4 is 27.6 Å². The molecule has 3 rings (SSSR count). The molecule has 1 heterocycles. The van der Waals surface area contributed by atoms with Gasteiger partial charge in [-0.15, -0.1) is 0 Å². The number of sulfonamides is 1. The van der Waals surface area contributed by atoms with Crippen LogP contribution in [0.4, 0.5) is 10.1 Å². The van der Waals surface area contributed by atoms with Crippen LogP contribution in [-0.2, 0) is 19.6 Å². The van der Waals surface area contributed by atoms with Gasteiger partial charge < -0.3 is 10.1 Å². The summed E-state index contributed by atoms with van der Waals surface area (Å²) in [5.74, 6) is -1.83. The van der Waals surface area contributed by atoms with E-state index in [1.165, 1.54) is 47.6 Å². The molecule has 7 nitrogen and oxygen atoms in total. The Kier molecular flexibility index (Phi) is 7.63. The number of nitrogens with zero attached hydrogens (tertiary/aromatic N) is 1. The van der Waals surface area contributed by atoms with Crippen LogP contribution in [-0.4, -0.2) is 43.8 Å². The molecule has 2 aromatic rings. The van der Waals surface area contributed by atoms with Crippen molar-refractivity contribution in [3.8, 4) is 0 Å². The second-order valence-electron chi connectivity index (χ2n) is 7.84. The number of aryl methyl sites for hydroxylation is 1. The molecule has 9 heteroatoms. The summed E-state index contributed by atoms with van der Waals surface area (Å²) in [6.07, 6.45) is 2.56. The van der Waals surface area contributed by atoms with E-state index in [9.17, 15) is 22.4 Å². The summed E-state index contributed by atoms with van der Waals surface area (Å²) in [5, 5.41) is 2.50. The van der Waals surface area contributed by atoms with Crippen molar-refractivity contribution in [2.75, 3.05) is 18.4 Å². The van der Waals surface area contributed by atoms with E-state index in [0.29, 0.717) is 18.7 Å². The van der Waals surface area contributed by atoms with Crippen molar-refractivity contribution < 1.29 is 27.1 Å². The van der Waals surface area contributed by atoms with Crippen molar-refractivity contribution in [2.45, 2.75) is 50.5 Å². The molecule has 1 fully saturated rings. The molecule has 0 bridgehead atoms. The van der Waals surface area contributed by atoms with E-state index >= 15 is 0 Å². The summed E-state index contributed by atoms with van der Waals surface area (Å²) in [6, 6.07) is 9.75. The number of nitrogens with one attached hydrogen (secondary N) is 1. The minimum atomic E-state index is -3.62. The Labute approximate surface area is 187 Å². The first-order valence-corrected chi connectivity index (χ1v) is 12.0. The summed E-state index contributed by atoms with van der Waals surface area (Å²) >= 11 is 0. The highest BCUT2D eigenvalue weighted by molar-refractivity contribution is 7.89. The number of carbonyl (C=O) groups is 2. The Morgan fingerprint density at radius 2 is 1.66 bits per heavy atom. The average Bonchev–Trinajstić information content (AvgIpc) is 3.06. The number of hydrogen-bond acceptors (Lipinski definition) is 5. The molecule has 0 aliphatic carbocycles. The lowest BCUT2D eigenvalue weighted by Crippen LogP contribution is -2.32. The summed E-state index contributed by atoms with van der Waals surface area (Å²) in [7, 11) is -3.62. The molecule has 1 atom stereocenters. The fourth-order valence-electron chi connectivity index (χ4n) is 3.39. The maximum Gasteiger partial charge on any atom is 0.338 e. The molecule has 172 valence electrons. The third-order valence-electron chi connectivity index (χ3n) is 5.39. The first-order valence-electron chi connectivity index (χ1n) is 10.6. The summed E-state index contributed by atoms with van der Waals surface area (Å²) in [5.41, 5.74) is 0.827. The highest BCUT2D eigenvalue weighted by Gasteiger charge is 2.26. The van der Waals surface area contributed by atoms with Gasteiger partial charge in [-0.05, 0) is 68.7 Å². The van der Waals surface area contributed by atoms with E-state index in [-0.39, 0.29) is 16.1 Å². The predicted octanol–water partition coefficient (Wildman–Crippen LogP) is 3.88. The number of benzene rings is 2. The minimum Gasteiger partial charge on any atom is -0.449 e. The first kappa shape index (κ1) is 23.9. The average molecular weight is 463 g/mol. The normalized spacial score (nSPS) is 16.1. The summed E-state index contributed by atoms with van der Waals surface area (Å²) < 4.78 is 46.0. The maximum atomic E-state index is 13.6. The lowest BCUT2D eigenvalue weighted by atomic mass is 10.2. The molecule has 0 aromatic heterocycles. The van der Waals surface area contributed by atoms with Crippen LogP contribution >= 0.6 is 0 Å². The number of esters is 1. The molecule has 32 heavy (non-hydrogen) atoms. The Morgan fingerprint density at radius 1 is 1.03 bits per heavy atom. The lowest BCUT2D eigenvalue weighted by molar-refractivity contribution is -0.123. The van der Waals surface area contributed by atoms with Gasteiger partial charge in [0.2, 0.25) is 10.0 Å². The van der Waals surface area contributed by atoms with Crippen LogP contribution in [0, 0.1) is 12.7 Å². The standard InChI is InChI=1S/C23H27FN2O5S/c1-16-7-10-19(15-21(16)24)25-22(27)17(2)31-23(28)18-8-11-20(12-9-18)32(29,30)26-13-5-3-4-6-14-26/h7-12,15,17H,3-6,13-14H2,1-2H3,(H,25,27). The molecule has 1 aliphatic rings. The van der Waals surface area contributed by atoms with E-state index in [0.717, 1.165) is 25.7 Å². The van der Waals surface area contributed by atoms with Gasteiger partial charge in [-0.1, -0.05) is 18.9 Å². The smallest absolute Gasteiger partial charge is 0.338 e. The second kappa shape index (κ2) is 10.2. The van der Waals surface area contributed by atoms with Crippen LogP contribution in [0.25, 0.3) is 0 Å². The van der Waals surface area contributed by atoms with Crippen molar-refractivity contribution in [3.63, 3.8) is 0 Å². The molecule has 2 aromatic carbocycles. The molecule has 0 saturated carbocycles. The molecule has 1 aliphatic heterocycles. The quantitative estimate of drug-likeness (QED) is 0.658. The molecular weight excluding hydrogens is 435 g/mol. The van der Waals surface area contributed by atoms with E-state index < -0.39 is 33.8 Å². The van der Waals surface area contributed by atoms with Gasteiger partial charge >= 0.3 is 5.97 Å². The van der Waals surface area contributed by atoms with E-state index in [4.69, 9.17) is 4.74 Å². The van der Waals surface area contributed by atoms with Crippen LogP contribution in [0.1, 0.15) is 48.5 Å². The minimum absolute atomic E-state index is 0.114. The largest absolute Gasteiger partial charge is 0.449 e. The maximum absolute atomic E-state index is 13.6. The molecule has 1 N–H and O–H groups in total. The zero-order chi connectivity index (χ0) is 23.3. The molecule has 1 amide bonds. The van der Waals surface area contributed by atoms with Crippen molar-refractivity contribution in [1.29, 1.82) is 0 Å².